The molecule has 1 N–H and O–H groups in total. The zero-order valence-corrected chi connectivity index (χ0v) is 15.1. The van der Waals surface area contributed by atoms with E-state index < -0.39 is 0 Å². The first-order valence-electron chi connectivity index (χ1n) is 8.76. The first kappa shape index (κ1) is 17.7. The summed E-state index contributed by atoms with van der Waals surface area (Å²) in [6.07, 6.45) is 0. The van der Waals surface area contributed by atoms with Gasteiger partial charge in [-0.1, -0.05) is 72.3 Å². The van der Waals surface area contributed by atoms with Crippen molar-refractivity contribution in [2.24, 2.45) is 0 Å². The van der Waals surface area contributed by atoms with Crippen molar-refractivity contribution in [1.82, 2.24) is 5.32 Å². The summed E-state index contributed by atoms with van der Waals surface area (Å²) in [7, 11) is 0. The van der Waals surface area contributed by atoms with Crippen LogP contribution in [0.15, 0.2) is 78.9 Å². The number of para-hydroxylation sites is 1. The normalized spacial score (nSPS) is 11.6. The van der Waals surface area contributed by atoms with Gasteiger partial charge in [0.2, 0.25) is 0 Å². The van der Waals surface area contributed by atoms with Crippen molar-refractivity contribution in [3.63, 3.8) is 0 Å². The summed E-state index contributed by atoms with van der Waals surface area (Å²) < 4.78 is 5.89. The van der Waals surface area contributed by atoms with E-state index in [0.717, 1.165) is 11.1 Å². The quantitative estimate of drug-likeness (QED) is 0.678. The molecule has 132 valence electrons. The van der Waals surface area contributed by atoms with Crippen molar-refractivity contribution >= 4 is 5.91 Å². The zero-order chi connectivity index (χ0) is 18.4. The van der Waals surface area contributed by atoms with Crippen LogP contribution in [0.25, 0.3) is 0 Å². The highest BCUT2D eigenvalue weighted by Crippen LogP contribution is 2.21. The molecule has 0 bridgehead atoms. The molecule has 1 unspecified atom stereocenters. The van der Waals surface area contributed by atoms with E-state index in [1.54, 1.807) is 6.07 Å². The maximum atomic E-state index is 12.7. The monoisotopic (exact) mass is 345 g/mol. The van der Waals surface area contributed by atoms with Gasteiger partial charge in [0.25, 0.3) is 5.91 Å². The van der Waals surface area contributed by atoms with Gasteiger partial charge in [-0.05, 0) is 37.1 Å². The van der Waals surface area contributed by atoms with Crippen LogP contribution < -0.4 is 10.1 Å². The molecular formula is C23H23NO2. The zero-order valence-electron chi connectivity index (χ0n) is 15.1. The molecule has 3 aromatic carbocycles. The van der Waals surface area contributed by atoms with Gasteiger partial charge in [0.1, 0.15) is 12.4 Å². The Labute approximate surface area is 154 Å². The number of hydrogen-bond donors (Lipinski definition) is 1. The largest absolute Gasteiger partial charge is 0.488 e. The molecule has 0 spiro atoms. The summed E-state index contributed by atoms with van der Waals surface area (Å²) >= 11 is 0. The third-order valence-electron chi connectivity index (χ3n) is 4.29. The van der Waals surface area contributed by atoms with Gasteiger partial charge in [0.05, 0.1) is 11.6 Å². The van der Waals surface area contributed by atoms with E-state index in [1.807, 2.05) is 74.5 Å². The summed E-state index contributed by atoms with van der Waals surface area (Å²) in [5.74, 6) is 0.451. The molecule has 1 atom stereocenters. The van der Waals surface area contributed by atoms with Crippen LogP contribution in [0.2, 0.25) is 0 Å². The van der Waals surface area contributed by atoms with Crippen molar-refractivity contribution in [3.8, 4) is 5.75 Å². The standard InChI is InChI=1S/C23H23NO2/c1-17-12-14-20(15-13-17)18(2)24-23(25)21-10-6-7-11-22(21)26-16-19-8-4-3-5-9-19/h3-15,18H,16H2,1-2H3,(H,24,25). The smallest absolute Gasteiger partial charge is 0.255 e. The average molecular weight is 345 g/mol. The second-order valence-electron chi connectivity index (χ2n) is 6.38. The van der Waals surface area contributed by atoms with Crippen molar-refractivity contribution in [2.75, 3.05) is 0 Å². The van der Waals surface area contributed by atoms with Crippen LogP contribution in [0, 0.1) is 6.92 Å². The van der Waals surface area contributed by atoms with E-state index in [0.29, 0.717) is 17.9 Å². The minimum absolute atomic E-state index is 0.0784. The highest BCUT2D eigenvalue weighted by molar-refractivity contribution is 5.97. The second kappa shape index (κ2) is 8.34. The summed E-state index contributed by atoms with van der Waals surface area (Å²) in [6.45, 7) is 4.46. The molecule has 0 saturated heterocycles. The number of amides is 1. The fourth-order valence-electron chi connectivity index (χ4n) is 2.73. The molecule has 26 heavy (non-hydrogen) atoms. The third-order valence-corrected chi connectivity index (χ3v) is 4.29. The lowest BCUT2D eigenvalue weighted by atomic mass is 10.1. The van der Waals surface area contributed by atoms with Gasteiger partial charge in [0.15, 0.2) is 0 Å². The Kier molecular flexibility index (Phi) is 5.69. The molecule has 0 aliphatic carbocycles. The fraction of sp³-hybridized carbons (Fsp3) is 0.174. The Morgan fingerprint density at radius 2 is 1.58 bits per heavy atom. The predicted molar refractivity (Wildman–Crippen MR) is 104 cm³/mol. The Morgan fingerprint density at radius 1 is 0.923 bits per heavy atom. The number of ether oxygens (including phenoxy) is 1. The lowest BCUT2D eigenvalue weighted by Gasteiger charge is -2.16. The third kappa shape index (κ3) is 4.51. The van der Waals surface area contributed by atoms with Gasteiger partial charge >= 0.3 is 0 Å². The van der Waals surface area contributed by atoms with E-state index in [9.17, 15) is 4.79 Å². The summed E-state index contributed by atoms with van der Waals surface area (Å²) in [6, 6.07) is 25.4. The number of aryl methyl sites for hydroxylation is 1. The van der Waals surface area contributed by atoms with Crippen molar-refractivity contribution in [1.29, 1.82) is 0 Å². The molecular weight excluding hydrogens is 322 g/mol. The SMILES string of the molecule is Cc1ccc(C(C)NC(=O)c2ccccc2OCc2ccccc2)cc1. The first-order valence-corrected chi connectivity index (χ1v) is 8.76. The van der Waals surface area contributed by atoms with Crippen LogP contribution >= 0.6 is 0 Å². The van der Waals surface area contributed by atoms with Crippen LogP contribution in [-0.4, -0.2) is 5.91 Å². The summed E-state index contributed by atoms with van der Waals surface area (Å²) in [5, 5.41) is 3.05. The number of carbonyl (C=O) groups excluding carboxylic acids is 1. The minimum Gasteiger partial charge on any atom is -0.488 e. The Hall–Kier alpha value is -3.07. The molecule has 3 rings (SSSR count). The number of rotatable bonds is 6. The van der Waals surface area contributed by atoms with Gasteiger partial charge in [-0.2, -0.15) is 0 Å². The predicted octanol–water partition coefficient (Wildman–Crippen LogP) is 5.07. The van der Waals surface area contributed by atoms with E-state index in [-0.39, 0.29) is 11.9 Å². The highest BCUT2D eigenvalue weighted by atomic mass is 16.5. The van der Waals surface area contributed by atoms with Gasteiger partial charge in [-0.25, -0.2) is 0 Å². The molecule has 0 fully saturated rings. The maximum Gasteiger partial charge on any atom is 0.255 e. The van der Waals surface area contributed by atoms with Crippen molar-refractivity contribution in [3.05, 3.63) is 101 Å². The van der Waals surface area contributed by atoms with E-state index in [4.69, 9.17) is 4.74 Å². The van der Waals surface area contributed by atoms with Crippen molar-refractivity contribution < 1.29 is 9.53 Å². The highest BCUT2D eigenvalue weighted by Gasteiger charge is 2.15. The number of carbonyl (C=O) groups is 1. The summed E-state index contributed by atoms with van der Waals surface area (Å²) in [5.41, 5.74) is 3.89. The van der Waals surface area contributed by atoms with Crippen LogP contribution in [0.5, 0.6) is 5.75 Å². The van der Waals surface area contributed by atoms with E-state index >= 15 is 0 Å². The molecule has 0 aliphatic heterocycles. The van der Waals surface area contributed by atoms with Gasteiger partial charge < -0.3 is 10.1 Å². The lowest BCUT2D eigenvalue weighted by Crippen LogP contribution is -2.27. The number of benzene rings is 3. The molecule has 1 amide bonds. The Balaban J connectivity index is 1.70. The van der Waals surface area contributed by atoms with Crippen LogP contribution in [0.4, 0.5) is 0 Å². The van der Waals surface area contributed by atoms with Crippen LogP contribution in [0.1, 0.15) is 40.0 Å². The molecule has 0 aromatic heterocycles. The van der Waals surface area contributed by atoms with E-state index in [1.165, 1.54) is 5.56 Å². The molecule has 0 heterocycles. The molecule has 0 radical (unpaired) electrons. The fourth-order valence-corrected chi connectivity index (χ4v) is 2.73. The van der Waals surface area contributed by atoms with Gasteiger partial charge in [-0.15, -0.1) is 0 Å². The van der Waals surface area contributed by atoms with Gasteiger partial charge in [0, 0.05) is 0 Å². The lowest BCUT2D eigenvalue weighted by molar-refractivity contribution is 0.0935. The second-order valence-corrected chi connectivity index (χ2v) is 6.38. The van der Waals surface area contributed by atoms with Crippen LogP contribution in [-0.2, 0) is 6.61 Å². The topological polar surface area (TPSA) is 38.3 Å². The first-order chi connectivity index (χ1) is 12.6. The number of nitrogens with one attached hydrogen (secondary N) is 1. The van der Waals surface area contributed by atoms with Crippen LogP contribution in [0.3, 0.4) is 0 Å². The average Bonchev–Trinajstić information content (AvgIpc) is 2.68. The molecule has 0 saturated carbocycles. The maximum absolute atomic E-state index is 12.7. The van der Waals surface area contributed by atoms with Crippen molar-refractivity contribution in [2.45, 2.75) is 26.5 Å². The summed E-state index contributed by atoms with van der Waals surface area (Å²) in [4.78, 5) is 12.7. The number of hydrogen-bond acceptors (Lipinski definition) is 2. The van der Waals surface area contributed by atoms with E-state index in [2.05, 4.69) is 17.4 Å². The van der Waals surface area contributed by atoms with Gasteiger partial charge in [-0.3, -0.25) is 4.79 Å². The molecule has 3 heteroatoms. The minimum atomic E-state index is -0.137. The molecule has 0 aliphatic rings. The molecule has 3 nitrogen and oxygen atoms in total. The molecule has 3 aromatic rings. The Bertz CT molecular complexity index is 857. The Morgan fingerprint density at radius 3 is 2.31 bits per heavy atom.